The minimum atomic E-state index is 0.525. The Labute approximate surface area is 113 Å². The van der Waals surface area contributed by atoms with Crippen LogP contribution in [0, 0.1) is 10.5 Å². The first-order chi connectivity index (χ1) is 7.70. The zero-order valence-corrected chi connectivity index (χ0v) is 12.7. The fraction of sp³-hybridized carbons (Fsp3) is 0.571. The molecule has 1 nitrogen and oxygen atoms in total. The summed E-state index contributed by atoms with van der Waals surface area (Å²) in [6, 6.07) is 7.14. The fourth-order valence-corrected chi connectivity index (χ4v) is 2.65. The van der Waals surface area contributed by atoms with Crippen LogP contribution in [0.25, 0.3) is 0 Å². The third-order valence-corrected chi connectivity index (χ3v) is 4.29. The van der Waals surface area contributed by atoms with Crippen molar-refractivity contribution in [3.05, 3.63) is 32.9 Å². The van der Waals surface area contributed by atoms with Crippen molar-refractivity contribution in [2.45, 2.75) is 46.1 Å². The number of aryl methyl sites for hydroxylation is 1. The molecule has 0 amide bonds. The predicted molar refractivity (Wildman–Crippen MR) is 79.8 cm³/mol. The second kappa shape index (κ2) is 7.28. The summed E-state index contributed by atoms with van der Waals surface area (Å²) in [5.74, 6) is 0. The van der Waals surface area contributed by atoms with Gasteiger partial charge in [-0.15, -0.1) is 0 Å². The van der Waals surface area contributed by atoms with Crippen LogP contribution in [0.4, 0.5) is 0 Å². The van der Waals surface area contributed by atoms with Crippen LogP contribution in [-0.2, 0) is 0 Å². The lowest BCUT2D eigenvalue weighted by Gasteiger charge is -2.20. The van der Waals surface area contributed by atoms with E-state index >= 15 is 0 Å². The van der Waals surface area contributed by atoms with Crippen molar-refractivity contribution in [1.82, 2.24) is 5.32 Å². The van der Waals surface area contributed by atoms with Gasteiger partial charge in [0.25, 0.3) is 0 Å². The van der Waals surface area contributed by atoms with Crippen molar-refractivity contribution in [1.29, 1.82) is 0 Å². The van der Waals surface area contributed by atoms with Gasteiger partial charge in [-0.05, 0) is 60.0 Å². The lowest BCUT2D eigenvalue weighted by atomic mass is 10.0. The number of nitrogens with one attached hydrogen (secondary N) is 1. The first-order valence-electron chi connectivity index (χ1n) is 6.19. The van der Waals surface area contributed by atoms with Crippen LogP contribution in [0.2, 0.25) is 0 Å². The van der Waals surface area contributed by atoms with Gasteiger partial charge in [-0.2, -0.15) is 0 Å². The molecule has 0 aliphatic carbocycles. The van der Waals surface area contributed by atoms with Crippen LogP contribution in [0.3, 0.4) is 0 Å². The fourth-order valence-electron chi connectivity index (χ4n) is 1.91. The molecular formula is C14H22IN. The normalized spacial score (nSPS) is 12.8. The molecule has 0 radical (unpaired) electrons. The molecule has 1 unspecified atom stereocenters. The van der Waals surface area contributed by atoms with Crippen LogP contribution < -0.4 is 5.32 Å². The Morgan fingerprint density at radius 2 is 2.00 bits per heavy atom. The summed E-state index contributed by atoms with van der Waals surface area (Å²) in [7, 11) is 0. The highest BCUT2D eigenvalue weighted by atomic mass is 127. The number of benzene rings is 1. The molecule has 1 rings (SSSR count). The van der Waals surface area contributed by atoms with Crippen molar-refractivity contribution in [3.8, 4) is 0 Å². The Kier molecular flexibility index (Phi) is 6.36. The van der Waals surface area contributed by atoms with Crippen LogP contribution in [0.15, 0.2) is 18.2 Å². The van der Waals surface area contributed by atoms with Crippen molar-refractivity contribution >= 4 is 22.6 Å². The van der Waals surface area contributed by atoms with Crippen LogP contribution in [0.5, 0.6) is 0 Å². The van der Waals surface area contributed by atoms with Crippen LogP contribution in [-0.4, -0.2) is 6.54 Å². The van der Waals surface area contributed by atoms with Crippen molar-refractivity contribution in [3.63, 3.8) is 0 Å². The Balaban J connectivity index is 2.86. The van der Waals surface area contributed by atoms with E-state index in [0.29, 0.717) is 6.04 Å². The molecule has 1 atom stereocenters. The second-order valence-corrected chi connectivity index (χ2v) is 5.35. The van der Waals surface area contributed by atoms with E-state index in [4.69, 9.17) is 0 Å². The van der Waals surface area contributed by atoms with Gasteiger partial charge in [0.2, 0.25) is 0 Å². The van der Waals surface area contributed by atoms with E-state index in [1.54, 1.807) is 0 Å². The van der Waals surface area contributed by atoms with Crippen molar-refractivity contribution in [2.75, 3.05) is 6.54 Å². The molecule has 0 aliphatic rings. The zero-order chi connectivity index (χ0) is 12.0. The summed E-state index contributed by atoms with van der Waals surface area (Å²) in [5.41, 5.74) is 2.86. The highest BCUT2D eigenvalue weighted by Gasteiger charge is 2.13. The topological polar surface area (TPSA) is 12.0 Å². The summed E-state index contributed by atoms with van der Waals surface area (Å²) in [4.78, 5) is 0. The van der Waals surface area contributed by atoms with Gasteiger partial charge in [-0.25, -0.2) is 0 Å². The molecule has 90 valence electrons. The number of halogens is 1. The van der Waals surface area contributed by atoms with E-state index in [9.17, 15) is 0 Å². The third kappa shape index (κ3) is 3.74. The summed E-state index contributed by atoms with van der Waals surface area (Å²) >= 11 is 2.47. The average molecular weight is 331 g/mol. The molecule has 0 bridgehead atoms. The smallest absolute Gasteiger partial charge is 0.0330 e. The molecule has 1 aromatic carbocycles. The summed E-state index contributed by atoms with van der Waals surface area (Å²) in [5, 5.41) is 3.65. The number of hydrogen-bond acceptors (Lipinski definition) is 1. The van der Waals surface area contributed by atoms with Gasteiger partial charge in [-0.3, -0.25) is 0 Å². The van der Waals surface area contributed by atoms with Gasteiger partial charge >= 0.3 is 0 Å². The number of hydrogen-bond donors (Lipinski definition) is 1. The van der Waals surface area contributed by atoms with Crippen molar-refractivity contribution in [2.24, 2.45) is 0 Å². The minimum absolute atomic E-state index is 0.525. The first-order valence-corrected chi connectivity index (χ1v) is 7.27. The maximum absolute atomic E-state index is 3.65. The average Bonchev–Trinajstić information content (AvgIpc) is 2.28. The molecule has 2 heteroatoms. The van der Waals surface area contributed by atoms with E-state index in [0.717, 1.165) is 6.54 Å². The first kappa shape index (κ1) is 14.0. The largest absolute Gasteiger partial charge is 0.310 e. The van der Waals surface area contributed by atoms with Crippen LogP contribution >= 0.6 is 22.6 Å². The summed E-state index contributed by atoms with van der Waals surface area (Å²) in [6.07, 6.45) is 3.65. The molecule has 16 heavy (non-hydrogen) atoms. The van der Waals surface area contributed by atoms with Crippen molar-refractivity contribution < 1.29 is 0 Å². The molecule has 0 aliphatic heterocycles. The molecule has 0 saturated heterocycles. The van der Waals surface area contributed by atoms with Gasteiger partial charge in [0.05, 0.1) is 0 Å². The molecule has 0 fully saturated rings. The SMILES string of the molecule is CCCNC(CCC)c1cccc(C)c1I. The van der Waals surface area contributed by atoms with Gasteiger partial charge in [0.15, 0.2) is 0 Å². The Morgan fingerprint density at radius 1 is 1.25 bits per heavy atom. The lowest BCUT2D eigenvalue weighted by molar-refractivity contribution is 0.492. The highest BCUT2D eigenvalue weighted by Crippen LogP contribution is 2.26. The van der Waals surface area contributed by atoms with E-state index < -0.39 is 0 Å². The number of rotatable bonds is 6. The molecule has 0 spiro atoms. The molecule has 1 N–H and O–H groups in total. The standard InChI is InChI=1S/C14H22IN/c1-4-7-13(16-10-5-2)12-9-6-8-11(3)14(12)15/h6,8-9,13,16H,4-5,7,10H2,1-3H3. The van der Waals surface area contributed by atoms with E-state index in [1.807, 2.05) is 0 Å². The van der Waals surface area contributed by atoms with Gasteiger partial charge < -0.3 is 5.32 Å². The molecule has 0 aromatic heterocycles. The molecular weight excluding hydrogens is 309 g/mol. The Hall–Kier alpha value is -0.0900. The maximum atomic E-state index is 3.65. The van der Waals surface area contributed by atoms with E-state index in [-0.39, 0.29) is 0 Å². The predicted octanol–water partition coefficient (Wildman–Crippen LogP) is 4.44. The monoisotopic (exact) mass is 331 g/mol. The second-order valence-electron chi connectivity index (χ2n) is 4.27. The maximum Gasteiger partial charge on any atom is 0.0330 e. The van der Waals surface area contributed by atoms with Gasteiger partial charge in [0, 0.05) is 9.61 Å². The Morgan fingerprint density at radius 3 is 2.62 bits per heavy atom. The highest BCUT2D eigenvalue weighted by molar-refractivity contribution is 14.1. The third-order valence-electron chi connectivity index (χ3n) is 2.82. The summed E-state index contributed by atoms with van der Waals surface area (Å²) < 4.78 is 1.42. The summed E-state index contributed by atoms with van der Waals surface area (Å²) in [6.45, 7) is 7.77. The van der Waals surface area contributed by atoms with E-state index in [1.165, 1.54) is 34.0 Å². The molecule has 1 aromatic rings. The lowest BCUT2D eigenvalue weighted by Crippen LogP contribution is -2.23. The Bertz CT molecular complexity index is 323. The quantitative estimate of drug-likeness (QED) is 0.760. The van der Waals surface area contributed by atoms with Gasteiger partial charge in [0.1, 0.15) is 0 Å². The minimum Gasteiger partial charge on any atom is -0.310 e. The van der Waals surface area contributed by atoms with Gasteiger partial charge in [-0.1, -0.05) is 38.5 Å². The van der Waals surface area contributed by atoms with E-state index in [2.05, 4.69) is 66.9 Å². The van der Waals surface area contributed by atoms with Crippen LogP contribution in [0.1, 0.15) is 50.3 Å². The molecule has 0 heterocycles. The zero-order valence-electron chi connectivity index (χ0n) is 10.5. The molecule has 0 saturated carbocycles.